The number of primary amides is 1. The standard InChI is InChI=1S/C9H9N3O3/c10-9(15)12-11-5-6-1-3-7(4-2-6)8(13)14/h1-5H,(H,13,14)(H3,10,12,15)/p-1/b11-5-. The molecule has 78 valence electrons. The Morgan fingerprint density at radius 1 is 1.33 bits per heavy atom. The Morgan fingerprint density at radius 2 is 1.93 bits per heavy atom. The van der Waals surface area contributed by atoms with Crippen LogP contribution in [-0.4, -0.2) is 18.2 Å². The van der Waals surface area contributed by atoms with Crippen LogP contribution in [0.25, 0.3) is 0 Å². The first-order valence-corrected chi connectivity index (χ1v) is 3.99. The number of hydrogen-bond acceptors (Lipinski definition) is 4. The van der Waals surface area contributed by atoms with Crippen molar-refractivity contribution in [3.8, 4) is 0 Å². The van der Waals surface area contributed by atoms with Crippen LogP contribution < -0.4 is 16.3 Å². The molecule has 0 fully saturated rings. The number of nitrogens with one attached hydrogen (secondary N) is 1. The molecular weight excluding hydrogens is 198 g/mol. The van der Waals surface area contributed by atoms with Crippen molar-refractivity contribution in [2.75, 3.05) is 0 Å². The number of amides is 2. The summed E-state index contributed by atoms with van der Waals surface area (Å²) in [5, 5.41) is 13.9. The van der Waals surface area contributed by atoms with E-state index in [1.54, 1.807) is 0 Å². The van der Waals surface area contributed by atoms with Gasteiger partial charge in [-0.1, -0.05) is 24.3 Å². The van der Waals surface area contributed by atoms with Crippen LogP contribution in [0.4, 0.5) is 4.79 Å². The fourth-order valence-electron chi connectivity index (χ4n) is 0.876. The molecule has 2 amide bonds. The Labute approximate surface area is 85.4 Å². The van der Waals surface area contributed by atoms with E-state index in [9.17, 15) is 14.7 Å². The molecule has 1 aromatic rings. The first kappa shape index (κ1) is 10.7. The molecular formula is C9H8N3O3-. The van der Waals surface area contributed by atoms with Crippen molar-refractivity contribution in [3.05, 3.63) is 35.4 Å². The molecule has 1 aromatic carbocycles. The van der Waals surface area contributed by atoms with Crippen molar-refractivity contribution in [2.45, 2.75) is 0 Å². The second-order valence-electron chi connectivity index (χ2n) is 2.64. The lowest BCUT2D eigenvalue weighted by molar-refractivity contribution is -0.255. The van der Waals surface area contributed by atoms with E-state index >= 15 is 0 Å². The lowest BCUT2D eigenvalue weighted by atomic mass is 10.1. The minimum atomic E-state index is -1.24. The van der Waals surface area contributed by atoms with Crippen LogP contribution >= 0.6 is 0 Å². The predicted octanol–water partition coefficient (Wildman–Crippen LogP) is -0.948. The average molecular weight is 206 g/mol. The molecule has 6 heteroatoms. The normalized spacial score (nSPS) is 10.1. The number of hydrazone groups is 1. The van der Waals surface area contributed by atoms with E-state index < -0.39 is 12.0 Å². The Bertz CT molecular complexity index is 398. The van der Waals surface area contributed by atoms with Crippen molar-refractivity contribution in [1.82, 2.24) is 5.43 Å². The van der Waals surface area contributed by atoms with E-state index in [0.717, 1.165) is 0 Å². The molecule has 3 N–H and O–H groups in total. The van der Waals surface area contributed by atoms with Crippen LogP contribution in [0.1, 0.15) is 15.9 Å². The number of urea groups is 1. The Morgan fingerprint density at radius 3 is 2.40 bits per heavy atom. The van der Waals surface area contributed by atoms with Crippen LogP contribution in [0.3, 0.4) is 0 Å². The van der Waals surface area contributed by atoms with Gasteiger partial charge in [-0.3, -0.25) is 0 Å². The molecule has 0 heterocycles. The Kier molecular flexibility index (Phi) is 3.39. The van der Waals surface area contributed by atoms with Crippen LogP contribution in [0.15, 0.2) is 29.4 Å². The van der Waals surface area contributed by atoms with E-state index in [0.29, 0.717) is 5.56 Å². The lowest BCUT2D eigenvalue weighted by Gasteiger charge is -2.01. The number of nitrogens with zero attached hydrogens (tertiary/aromatic N) is 1. The maximum atomic E-state index is 10.4. The van der Waals surface area contributed by atoms with Crippen LogP contribution in [0.5, 0.6) is 0 Å². The Hall–Kier alpha value is -2.37. The zero-order chi connectivity index (χ0) is 11.3. The highest BCUT2D eigenvalue weighted by Gasteiger charge is 1.92. The number of carbonyl (C=O) groups is 2. The zero-order valence-corrected chi connectivity index (χ0v) is 7.64. The molecule has 0 bridgehead atoms. The van der Waals surface area contributed by atoms with Gasteiger partial charge in [0.2, 0.25) is 0 Å². The van der Waals surface area contributed by atoms with Gasteiger partial charge in [0.1, 0.15) is 0 Å². The summed E-state index contributed by atoms with van der Waals surface area (Å²) >= 11 is 0. The summed E-state index contributed by atoms with van der Waals surface area (Å²) in [7, 11) is 0. The van der Waals surface area contributed by atoms with Gasteiger partial charge in [-0.15, -0.1) is 0 Å². The highest BCUT2D eigenvalue weighted by atomic mass is 16.4. The fraction of sp³-hybridized carbons (Fsp3) is 0. The number of rotatable bonds is 3. The van der Waals surface area contributed by atoms with Gasteiger partial charge in [-0.25, -0.2) is 10.2 Å². The van der Waals surface area contributed by atoms with Gasteiger partial charge in [0, 0.05) is 0 Å². The molecule has 0 aliphatic heterocycles. The monoisotopic (exact) mass is 206 g/mol. The molecule has 1 rings (SSSR count). The quantitative estimate of drug-likeness (QED) is 0.491. The highest BCUT2D eigenvalue weighted by molar-refractivity contribution is 5.88. The van der Waals surface area contributed by atoms with Gasteiger partial charge in [0.25, 0.3) is 0 Å². The SMILES string of the molecule is NC(=O)N/N=C\c1ccc(C(=O)[O-])cc1. The number of nitrogens with two attached hydrogens (primary N) is 1. The Balaban J connectivity index is 2.68. The van der Waals surface area contributed by atoms with Gasteiger partial charge in [-0.05, 0) is 11.1 Å². The molecule has 0 spiro atoms. The van der Waals surface area contributed by atoms with E-state index in [1.807, 2.05) is 5.43 Å². The molecule has 6 nitrogen and oxygen atoms in total. The van der Waals surface area contributed by atoms with Crippen molar-refractivity contribution >= 4 is 18.2 Å². The average Bonchev–Trinajstić information content (AvgIpc) is 2.18. The number of aromatic carboxylic acids is 1. The molecule has 0 aliphatic rings. The highest BCUT2D eigenvalue weighted by Crippen LogP contribution is 2.00. The maximum absolute atomic E-state index is 10.4. The molecule has 0 atom stereocenters. The third kappa shape index (κ3) is 3.47. The third-order valence-electron chi connectivity index (χ3n) is 1.53. The third-order valence-corrected chi connectivity index (χ3v) is 1.53. The number of carboxylic acids is 1. The van der Waals surface area contributed by atoms with Crippen molar-refractivity contribution in [2.24, 2.45) is 10.8 Å². The molecule has 0 radical (unpaired) electrons. The van der Waals surface area contributed by atoms with E-state index in [2.05, 4.69) is 5.10 Å². The molecule has 0 aromatic heterocycles. The minimum absolute atomic E-state index is 0.0787. The number of carboxylic acid groups (broad SMARTS) is 1. The zero-order valence-electron chi connectivity index (χ0n) is 7.64. The summed E-state index contributed by atoms with van der Waals surface area (Å²) < 4.78 is 0. The summed E-state index contributed by atoms with van der Waals surface area (Å²) in [6.07, 6.45) is 1.34. The topological polar surface area (TPSA) is 108 Å². The van der Waals surface area contributed by atoms with E-state index in [-0.39, 0.29) is 5.56 Å². The molecule has 15 heavy (non-hydrogen) atoms. The van der Waals surface area contributed by atoms with Gasteiger partial charge in [0.05, 0.1) is 12.2 Å². The number of benzene rings is 1. The summed E-state index contributed by atoms with van der Waals surface area (Å²) in [6.45, 7) is 0. The van der Waals surface area contributed by atoms with Crippen molar-refractivity contribution in [1.29, 1.82) is 0 Å². The molecule has 0 unspecified atom stereocenters. The lowest BCUT2D eigenvalue weighted by Crippen LogP contribution is -2.24. The van der Waals surface area contributed by atoms with Gasteiger partial charge in [-0.2, -0.15) is 5.10 Å². The van der Waals surface area contributed by atoms with Gasteiger partial charge < -0.3 is 15.6 Å². The summed E-state index contributed by atoms with van der Waals surface area (Å²) in [5.74, 6) is -1.24. The molecule has 0 saturated heterocycles. The largest absolute Gasteiger partial charge is 0.545 e. The van der Waals surface area contributed by atoms with Crippen LogP contribution in [0.2, 0.25) is 0 Å². The molecule has 0 aliphatic carbocycles. The van der Waals surface area contributed by atoms with Crippen molar-refractivity contribution < 1.29 is 14.7 Å². The number of carbonyl (C=O) groups excluding carboxylic acids is 2. The van der Waals surface area contributed by atoms with Crippen LogP contribution in [-0.2, 0) is 0 Å². The fourth-order valence-corrected chi connectivity index (χ4v) is 0.876. The summed E-state index contributed by atoms with van der Waals surface area (Å²) in [5.41, 5.74) is 7.49. The van der Waals surface area contributed by atoms with Crippen LogP contribution in [0, 0.1) is 0 Å². The molecule has 0 saturated carbocycles. The smallest absolute Gasteiger partial charge is 0.332 e. The van der Waals surface area contributed by atoms with Gasteiger partial charge >= 0.3 is 6.03 Å². The maximum Gasteiger partial charge on any atom is 0.332 e. The first-order chi connectivity index (χ1) is 7.09. The number of hydrogen-bond donors (Lipinski definition) is 2. The predicted molar refractivity (Wildman–Crippen MR) is 51.1 cm³/mol. The summed E-state index contributed by atoms with van der Waals surface area (Å²) in [6, 6.07) is 5.04. The van der Waals surface area contributed by atoms with Gasteiger partial charge in [0.15, 0.2) is 0 Å². The van der Waals surface area contributed by atoms with E-state index in [1.165, 1.54) is 30.5 Å². The van der Waals surface area contributed by atoms with E-state index in [4.69, 9.17) is 5.73 Å². The van der Waals surface area contributed by atoms with Crippen molar-refractivity contribution in [3.63, 3.8) is 0 Å². The second kappa shape index (κ2) is 4.75. The summed E-state index contributed by atoms with van der Waals surface area (Å²) in [4.78, 5) is 20.6. The second-order valence-corrected chi connectivity index (χ2v) is 2.64. The first-order valence-electron chi connectivity index (χ1n) is 3.99. The minimum Gasteiger partial charge on any atom is -0.545 e.